The molecule has 0 saturated carbocycles. The molecule has 4 nitrogen and oxygen atoms in total. The van der Waals surface area contributed by atoms with Crippen LogP contribution in [0.15, 0.2) is 76.8 Å². The van der Waals surface area contributed by atoms with Gasteiger partial charge in [0, 0.05) is 21.7 Å². The van der Waals surface area contributed by atoms with Crippen LogP contribution in [0.25, 0.3) is 0 Å². The number of fused-ring (bicyclic) bond motifs is 1. The Morgan fingerprint density at radius 1 is 0.889 bits per heavy atom. The monoisotopic (exact) mass is 375 g/mol. The van der Waals surface area contributed by atoms with Crippen molar-refractivity contribution in [1.82, 2.24) is 5.43 Å². The van der Waals surface area contributed by atoms with Crippen LogP contribution in [-0.2, 0) is 0 Å². The highest BCUT2D eigenvalue weighted by Crippen LogP contribution is 2.29. The first-order valence-corrected chi connectivity index (χ1v) is 8.95. The van der Waals surface area contributed by atoms with Crippen molar-refractivity contribution in [3.63, 3.8) is 0 Å². The van der Waals surface area contributed by atoms with Gasteiger partial charge in [-0.15, -0.1) is 0 Å². The van der Waals surface area contributed by atoms with Crippen LogP contribution in [0.1, 0.15) is 22.3 Å². The minimum absolute atomic E-state index is 0.650. The Morgan fingerprint density at radius 3 is 2.30 bits per heavy atom. The summed E-state index contributed by atoms with van der Waals surface area (Å²) >= 11 is 6.26. The van der Waals surface area contributed by atoms with Gasteiger partial charge in [-0.25, -0.2) is 4.99 Å². The lowest BCUT2D eigenvalue weighted by molar-refractivity contribution is 0.415. The Labute approximate surface area is 163 Å². The molecule has 3 aromatic rings. The molecule has 1 aliphatic heterocycles. The van der Waals surface area contributed by atoms with Gasteiger partial charge in [0.1, 0.15) is 11.5 Å². The number of hydrazone groups is 1. The molecule has 1 heterocycles. The van der Waals surface area contributed by atoms with Crippen molar-refractivity contribution in [3.05, 3.63) is 94.0 Å². The number of methoxy groups -OCH3 is 1. The summed E-state index contributed by atoms with van der Waals surface area (Å²) in [5.74, 6) is 1.47. The lowest BCUT2D eigenvalue weighted by Gasteiger charge is -2.08. The van der Waals surface area contributed by atoms with E-state index in [1.54, 1.807) is 7.11 Å². The molecule has 27 heavy (non-hydrogen) atoms. The first kappa shape index (κ1) is 17.3. The van der Waals surface area contributed by atoms with Crippen LogP contribution < -0.4 is 10.2 Å². The van der Waals surface area contributed by atoms with Crippen molar-refractivity contribution >= 4 is 28.8 Å². The highest BCUT2D eigenvalue weighted by atomic mass is 35.5. The molecule has 5 heteroatoms. The summed E-state index contributed by atoms with van der Waals surface area (Å²) in [5, 5.41) is 5.30. The molecule has 4 rings (SSSR count). The summed E-state index contributed by atoms with van der Waals surface area (Å²) < 4.78 is 5.23. The van der Waals surface area contributed by atoms with Crippen LogP contribution in [0.5, 0.6) is 5.75 Å². The molecule has 0 saturated heterocycles. The summed E-state index contributed by atoms with van der Waals surface area (Å²) in [4.78, 5) is 4.79. The molecule has 1 aliphatic rings. The maximum absolute atomic E-state index is 6.26. The zero-order chi connectivity index (χ0) is 18.8. The largest absolute Gasteiger partial charge is 0.497 e. The first-order valence-electron chi connectivity index (χ1n) is 8.58. The number of aliphatic imine (C=N–C) groups is 1. The molecule has 0 aromatic heterocycles. The van der Waals surface area contributed by atoms with E-state index in [2.05, 4.69) is 41.7 Å². The van der Waals surface area contributed by atoms with E-state index in [0.717, 1.165) is 33.8 Å². The van der Waals surface area contributed by atoms with Crippen molar-refractivity contribution in [2.24, 2.45) is 10.1 Å². The Kier molecular flexibility index (Phi) is 4.65. The molecule has 0 fully saturated rings. The number of nitrogens with one attached hydrogen (secondary N) is 1. The maximum Gasteiger partial charge on any atom is 0.154 e. The van der Waals surface area contributed by atoms with Gasteiger partial charge in [-0.3, -0.25) is 5.43 Å². The van der Waals surface area contributed by atoms with Crippen molar-refractivity contribution in [2.45, 2.75) is 6.92 Å². The number of hydrogen-bond acceptors (Lipinski definition) is 4. The van der Waals surface area contributed by atoms with Crippen LogP contribution in [0.2, 0.25) is 5.02 Å². The van der Waals surface area contributed by atoms with Gasteiger partial charge >= 0.3 is 0 Å². The van der Waals surface area contributed by atoms with Gasteiger partial charge in [-0.1, -0.05) is 41.4 Å². The van der Waals surface area contributed by atoms with Crippen LogP contribution in [0, 0.1) is 6.92 Å². The second kappa shape index (κ2) is 7.25. The van der Waals surface area contributed by atoms with E-state index in [1.165, 1.54) is 5.56 Å². The standard InChI is InChI=1S/C22H18ClN3O/c1-14-3-5-15(6-4-14)21-19-13-17(23)9-12-20(19)24-22(26-25-21)16-7-10-18(27-2)11-8-16/h3-13H,1-2H3,(H,24,26). The summed E-state index contributed by atoms with van der Waals surface area (Å²) in [6, 6.07) is 21.6. The number of rotatable bonds is 3. The lowest BCUT2D eigenvalue weighted by Crippen LogP contribution is -2.19. The fourth-order valence-electron chi connectivity index (χ4n) is 2.92. The number of halogens is 1. The number of benzene rings is 3. The fourth-order valence-corrected chi connectivity index (χ4v) is 3.09. The predicted octanol–water partition coefficient (Wildman–Crippen LogP) is 5.09. The molecule has 1 N–H and O–H groups in total. The van der Waals surface area contributed by atoms with Crippen LogP contribution >= 0.6 is 11.6 Å². The molecule has 0 spiro atoms. The molecular weight excluding hydrogens is 358 g/mol. The van der Waals surface area contributed by atoms with Gasteiger partial charge in [-0.05, 0) is 49.4 Å². The zero-order valence-corrected chi connectivity index (χ0v) is 15.8. The molecule has 0 atom stereocenters. The highest BCUT2D eigenvalue weighted by molar-refractivity contribution is 6.31. The summed E-state index contributed by atoms with van der Waals surface area (Å²) in [5.41, 5.74) is 8.75. The van der Waals surface area contributed by atoms with Crippen molar-refractivity contribution in [2.75, 3.05) is 7.11 Å². The number of amidine groups is 1. The first-order chi connectivity index (χ1) is 13.1. The van der Waals surface area contributed by atoms with E-state index in [-0.39, 0.29) is 0 Å². The molecule has 134 valence electrons. The lowest BCUT2D eigenvalue weighted by atomic mass is 10.00. The second-order valence-electron chi connectivity index (χ2n) is 6.29. The number of nitrogens with zero attached hydrogens (tertiary/aromatic N) is 2. The Balaban J connectivity index is 1.82. The van der Waals surface area contributed by atoms with Gasteiger partial charge in [0.25, 0.3) is 0 Å². The third kappa shape index (κ3) is 3.57. The molecule has 0 bridgehead atoms. The quantitative estimate of drug-likeness (QED) is 0.693. The van der Waals surface area contributed by atoms with E-state index in [9.17, 15) is 0 Å². The third-order valence-corrected chi connectivity index (χ3v) is 4.64. The van der Waals surface area contributed by atoms with E-state index in [1.807, 2.05) is 42.5 Å². The minimum Gasteiger partial charge on any atom is -0.497 e. The number of hydrogen-bond donors (Lipinski definition) is 1. The van der Waals surface area contributed by atoms with Crippen molar-refractivity contribution in [3.8, 4) is 5.75 Å². The second-order valence-corrected chi connectivity index (χ2v) is 6.73. The Bertz CT molecular complexity index is 1040. The summed E-state index contributed by atoms with van der Waals surface area (Å²) in [6.07, 6.45) is 0. The van der Waals surface area contributed by atoms with E-state index >= 15 is 0 Å². The molecular formula is C22H18ClN3O. The molecule has 0 unspecified atom stereocenters. The zero-order valence-electron chi connectivity index (χ0n) is 15.0. The molecule has 0 aliphatic carbocycles. The summed E-state index contributed by atoms with van der Waals surface area (Å²) in [6.45, 7) is 2.06. The molecule has 0 radical (unpaired) electrons. The fraction of sp³-hybridized carbons (Fsp3) is 0.0909. The van der Waals surface area contributed by atoms with Crippen LogP contribution in [-0.4, -0.2) is 18.7 Å². The smallest absolute Gasteiger partial charge is 0.154 e. The summed E-state index contributed by atoms with van der Waals surface area (Å²) in [7, 11) is 1.65. The Hall–Kier alpha value is -3.11. The van der Waals surface area contributed by atoms with E-state index in [4.69, 9.17) is 21.3 Å². The van der Waals surface area contributed by atoms with Crippen LogP contribution in [0.3, 0.4) is 0 Å². The average molecular weight is 376 g/mol. The third-order valence-electron chi connectivity index (χ3n) is 4.41. The van der Waals surface area contributed by atoms with Crippen molar-refractivity contribution < 1.29 is 4.74 Å². The van der Waals surface area contributed by atoms with Crippen LogP contribution in [0.4, 0.5) is 5.69 Å². The van der Waals surface area contributed by atoms with E-state index in [0.29, 0.717) is 10.9 Å². The SMILES string of the molecule is COc1ccc(C2=Nc3ccc(Cl)cc3C(c3ccc(C)cc3)=NN2)cc1. The number of aryl methyl sites for hydroxylation is 1. The number of ether oxygens (including phenoxy) is 1. The van der Waals surface area contributed by atoms with Crippen molar-refractivity contribution in [1.29, 1.82) is 0 Å². The van der Waals surface area contributed by atoms with Gasteiger partial charge in [0.05, 0.1) is 12.8 Å². The topological polar surface area (TPSA) is 46.0 Å². The minimum atomic E-state index is 0.650. The van der Waals surface area contributed by atoms with Gasteiger partial charge in [0.2, 0.25) is 0 Å². The van der Waals surface area contributed by atoms with Gasteiger partial charge in [-0.2, -0.15) is 5.10 Å². The maximum atomic E-state index is 6.26. The predicted molar refractivity (Wildman–Crippen MR) is 111 cm³/mol. The normalized spacial score (nSPS) is 13.0. The molecule has 3 aromatic carbocycles. The highest BCUT2D eigenvalue weighted by Gasteiger charge is 2.17. The molecule has 0 amide bonds. The van der Waals surface area contributed by atoms with E-state index < -0.39 is 0 Å². The average Bonchev–Trinajstić information content (AvgIpc) is 2.88. The Morgan fingerprint density at radius 2 is 1.59 bits per heavy atom. The van der Waals surface area contributed by atoms with Gasteiger partial charge < -0.3 is 4.74 Å². The van der Waals surface area contributed by atoms with Gasteiger partial charge in [0.15, 0.2) is 5.84 Å².